The van der Waals surface area contributed by atoms with E-state index in [9.17, 15) is 0 Å². The quantitative estimate of drug-likeness (QED) is 0.350. The third-order valence-corrected chi connectivity index (χ3v) is 7.68. The Bertz CT molecular complexity index is 1360. The molecule has 2 aromatic carbocycles. The summed E-state index contributed by atoms with van der Waals surface area (Å²) in [5.41, 5.74) is 7.13. The second kappa shape index (κ2) is 11.6. The zero-order valence-electron chi connectivity index (χ0n) is 22.0. The molecule has 0 atom stereocenters. The van der Waals surface area contributed by atoms with E-state index in [1.165, 1.54) is 43.6 Å². The molecule has 2 aromatic heterocycles. The molecule has 2 N–H and O–H groups in total. The van der Waals surface area contributed by atoms with Gasteiger partial charge >= 0.3 is 0 Å². The first-order valence-corrected chi connectivity index (χ1v) is 13.6. The van der Waals surface area contributed by atoms with Crippen LogP contribution in [0, 0.1) is 12.8 Å². The smallest absolute Gasteiger partial charge is 0.140 e. The number of fused-ring (bicyclic) bond motifs is 2. The van der Waals surface area contributed by atoms with E-state index in [0.717, 1.165) is 63.7 Å². The zero-order valence-corrected chi connectivity index (χ0v) is 22.9. The average Bonchev–Trinajstić information content (AvgIpc) is 3.35. The van der Waals surface area contributed by atoms with Gasteiger partial charge in [-0.1, -0.05) is 6.07 Å². The highest BCUT2D eigenvalue weighted by atomic mass is 32.1. The Morgan fingerprint density at radius 2 is 1.92 bits per heavy atom. The first-order valence-electron chi connectivity index (χ1n) is 13.2. The molecule has 4 aromatic rings. The van der Waals surface area contributed by atoms with Crippen molar-refractivity contribution in [3.63, 3.8) is 0 Å². The topological polar surface area (TPSA) is 70.9 Å². The minimum Gasteiger partial charge on any atom is -0.351 e. The summed E-state index contributed by atoms with van der Waals surface area (Å²) in [6, 6.07) is 10.8. The average molecular weight is 516 g/mol. The molecule has 8 heteroatoms. The molecule has 0 saturated carbocycles. The Labute approximate surface area is 225 Å². The van der Waals surface area contributed by atoms with Crippen LogP contribution in [0.5, 0.6) is 0 Å². The molecule has 2 aliphatic heterocycles. The van der Waals surface area contributed by atoms with Crippen LogP contribution in [0.4, 0.5) is 5.82 Å². The molecular weight excluding hydrogens is 478 g/mol. The van der Waals surface area contributed by atoms with Crippen molar-refractivity contribution < 1.29 is 0 Å². The fourth-order valence-electron chi connectivity index (χ4n) is 5.42. The maximum Gasteiger partial charge on any atom is 0.140 e. The minimum atomic E-state index is 0.839. The molecule has 37 heavy (non-hydrogen) atoms. The number of aromatic nitrogens is 4. The van der Waals surface area contributed by atoms with Gasteiger partial charge in [0.2, 0.25) is 0 Å². The monoisotopic (exact) mass is 515 g/mol. The maximum atomic E-state index is 4.68. The highest BCUT2D eigenvalue weighted by Gasteiger charge is 2.21. The number of rotatable bonds is 4. The SMILES string of the molecule is CNCC1CCNCC1.Cc1cc(-c2cnn(C)c2)cc2c(N3CCc4ccc(S)cc4C3)ncnc12. The van der Waals surface area contributed by atoms with E-state index in [1.807, 2.05) is 31.2 Å². The first kappa shape index (κ1) is 25.7. The number of benzene rings is 2. The van der Waals surface area contributed by atoms with Crippen LogP contribution >= 0.6 is 12.6 Å². The van der Waals surface area contributed by atoms with Crippen LogP contribution < -0.4 is 15.5 Å². The molecule has 1 fully saturated rings. The van der Waals surface area contributed by atoms with E-state index in [2.05, 4.69) is 80.5 Å². The summed E-state index contributed by atoms with van der Waals surface area (Å²) in [7, 11) is 3.97. The van der Waals surface area contributed by atoms with Gasteiger partial charge in [0.25, 0.3) is 0 Å². The number of nitrogens with zero attached hydrogens (tertiary/aromatic N) is 5. The highest BCUT2D eigenvalue weighted by molar-refractivity contribution is 7.80. The van der Waals surface area contributed by atoms with Crippen LogP contribution in [0.2, 0.25) is 0 Å². The molecule has 4 heterocycles. The van der Waals surface area contributed by atoms with Gasteiger partial charge in [0, 0.05) is 42.2 Å². The molecule has 0 bridgehead atoms. The number of hydrogen-bond donors (Lipinski definition) is 3. The summed E-state index contributed by atoms with van der Waals surface area (Å²) in [5.74, 6) is 1.92. The van der Waals surface area contributed by atoms with Crippen molar-refractivity contribution in [3.8, 4) is 11.1 Å². The summed E-state index contributed by atoms with van der Waals surface area (Å²) in [4.78, 5) is 12.6. The molecule has 7 nitrogen and oxygen atoms in total. The number of thiol groups is 1. The first-order chi connectivity index (χ1) is 18.0. The van der Waals surface area contributed by atoms with E-state index in [0.29, 0.717) is 0 Å². The van der Waals surface area contributed by atoms with Crippen LogP contribution in [-0.4, -0.2) is 53.0 Å². The zero-order chi connectivity index (χ0) is 25.8. The molecule has 2 aliphatic rings. The molecule has 0 radical (unpaired) electrons. The lowest BCUT2D eigenvalue weighted by Crippen LogP contribution is -2.32. The third-order valence-electron chi connectivity index (χ3n) is 7.40. The van der Waals surface area contributed by atoms with Gasteiger partial charge in [0.1, 0.15) is 12.1 Å². The molecule has 0 amide bonds. The highest BCUT2D eigenvalue weighted by Crippen LogP contribution is 2.33. The van der Waals surface area contributed by atoms with E-state index in [4.69, 9.17) is 0 Å². The molecule has 0 spiro atoms. The summed E-state index contributed by atoms with van der Waals surface area (Å²) >= 11 is 4.51. The lowest BCUT2D eigenvalue weighted by molar-refractivity contribution is 0.365. The standard InChI is InChI=1S/C22H21N5S.C7H16N2/c1-14-7-16(18-10-25-26(2)11-18)9-20-21(14)23-13-24-22(20)27-6-5-15-3-4-19(28)8-17(15)12-27;1-8-6-7-2-4-9-5-3-7/h3-4,7-11,13,28H,5-6,12H2,1-2H3;7-9H,2-6H2,1H3. The van der Waals surface area contributed by atoms with E-state index >= 15 is 0 Å². The number of nitrogens with one attached hydrogen (secondary N) is 2. The van der Waals surface area contributed by atoms with E-state index in [1.54, 1.807) is 6.33 Å². The summed E-state index contributed by atoms with van der Waals surface area (Å²) in [6.07, 6.45) is 9.32. The summed E-state index contributed by atoms with van der Waals surface area (Å²) < 4.78 is 1.83. The normalized spacial score (nSPS) is 15.8. The van der Waals surface area contributed by atoms with Gasteiger partial charge in [-0.05, 0) is 105 Å². The van der Waals surface area contributed by atoms with Crippen LogP contribution in [0.1, 0.15) is 29.5 Å². The fraction of sp³-hybridized carbons (Fsp3) is 0.414. The minimum absolute atomic E-state index is 0.839. The summed E-state index contributed by atoms with van der Waals surface area (Å²) in [5, 5.41) is 12.0. The van der Waals surface area contributed by atoms with E-state index < -0.39 is 0 Å². The molecule has 194 valence electrons. The van der Waals surface area contributed by atoms with Crippen molar-refractivity contribution in [1.29, 1.82) is 0 Å². The Morgan fingerprint density at radius 3 is 2.68 bits per heavy atom. The predicted octanol–water partition coefficient (Wildman–Crippen LogP) is 4.40. The van der Waals surface area contributed by atoms with Gasteiger partial charge < -0.3 is 15.5 Å². The Balaban J connectivity index is 0.000000265. The molecule has 1 saturated heterocycles. The third kappa shape index (κ3) is 5.98. The van der Waals surface area contributed by atoms with Gasteiger partial charge in [-0.15, -0.1) is 12.6 Å². The Hall–Kier alpha value is -2.94. The van der Waals surface area contributed by atoms with Crippen molar-refractivity contribution in [1.82, 2.24) is 30.4 Å². The van der Waals surface area contributed by atoms with E-state index in [-0.39, 0.29) is 0 Å². The van der Waals surface area contributed by atoms with Crippen molar-refractivity contribution in [2.45, 2.75) is 37.6 Å². The molecular formula is C29H37N7S. The molecule has 6 rings (SSSR count). The van der Waals surface area contributed by atoms with Crippen LogP contribution in [0.3, 0.4) is 0 Å². The lowest BCUT2D eigenvalue weighted by atomic mass is 9.98. The number of hydrogen-bond acceptors (Lipinski definition) is 7. The van der Waals surface area contributed by atoms with Gasteiger partial charge in [-0.25, -0.2) is 9.97 Å². The molecule has 0 aliphatic carbocycles. The number of piperidine rings is 1. The van der Waals surface area contributed by atoms with Crippen molar-refractivity contribution in [3.05, 3.63) is 65.7 Å². The number of anilines is 1. The second-order valence-electron chi connectivity index (χ2n) is 10.2. The van der Waals surface area contributed by atoms with Gasteiger partial charge in [0.05, 0.1) is 11.7 Å². The maximum absolute atomic E-state index is 4.68. The van der Waals surface area contributed by atoms with Crippen LogP contribution in [0.25, 0.3) is 22.0 Å². The number of aryl methyl sites for hydroxylation is 2. The van der Waals surface area contributed by atoms with Crippen molar-refractivity contribution >= 4 is 29.3 Å². The fourth-order valence-corrected chi connectivity index (χ4v) is 5.65. The van der Waals surface area contributed by atoms with Crippen LogP contribution in [0.15, 0.2) is 53.9 Å². The largest absolute Gasteiger partial charge is 0.351 e. The van der Waals surface area contributed by atoms with Gasteiger partial charge in [-0.2, -0.15) is 5.10 Å². The van der Waals surface area contributed by atoms with Gasteiger partial charge in [-0.3, -0.25) is 4.68 Å². The Morgan fingerprint density at radius 1 is 1.08 bits per heavy atom. The van der Waals surface area contributed by atoms with Crippen molar-refractivity contribution in [2.24, 2.45) is 13.0 Å². The summed E-state index contributed by atoms with van der Waals surface area (Å²) in [6.45, 7) is 7.52. The Kier molecular flexibility index (Phi) is 8.08. The van der Waals surface area contributed by atoms with Crippen LogP contribution in [-0.2, 0) is 20.0 Å². The van der Waals surface area contributed by atoms with Crippen molar-refractivity contribution in [2.75, 3.05) is 38.1 Å². The predicted molar refractivity (Wildman–Crippen MR) is 154 cm³/mol. The lowest BCUT2D eigenvalue weighted by Gasteiger charge is -2.30. The second-order valence-corrected chi connectivity index (χ2v) is 10.7. The van der Waals surface area contributed by atoms with Gasteiger partial charge in [0.15, 0.2) is 0 Å². The molecule has 0 unspecified atom stereocenters.